The number of ether oxygens (including phenoxy) is 1. The minimum atomic E-state index is -0.591. The number of nitrogens with zero attached hydrogens (tertiary/aromatic N) is 1. The third-order valence-corrected chi connectivity index (χ3v) is 4.19. The normalized spacial score (nSPS) is 20.1. The Morgan fingerprint density at radius 3 is 2.32 bits per heavy atom. The van der Waals surface area contributed by atoms with Crippen molar-refractivity contribution in [2.45, 2.75) is 46.2 Å². The Hall–Kier alpha value is -0.650. The molecule has 0 spiro atoms. The molecule has 5 heteroatoms. The highest BCUT2D eigenvalue weighted by atomic mass is 16.5. The Labute approximate surface area is 116 Å². The fourth-order valence-electron chi connectivity index (χ4n) is 1.91. The van der Waals surface area contributed by atoms with Gasteiger partial charge in [-0.3, -0.25) is 9.69 Å². The second kappa shape index (κ2) is 6.20. The highest BCUT2D eigenvalue weighted by Gasteiger charge is 2.40. The zero-order chi connectivity index (χ0) is 14.7. The van der Waals surface area contributed by atoms with E-state index in [0.717, 1.165) is 32.8 Å². The van der Waals surface area contributed by atoms with Gasteiger partial charge in [0.1, 0.15) is 0 Å². The lowest BCUT2D eigenvalue weighted by Gasteiger charge is -2.38. The fraction of sp³-hybridized carbons (Fsp3) is 0.929. The summed E-state index contributed by atoms with van der Waals surface area (Å²) in [4.78, 5) is 14.6. The summed E-state index contributed by atoms with van der Waals surface area (Å²) in [5.74, 6) is 0.0146. The number of amides is 1. The van der Waals surface area contributed by atoms with Crippen LogP contribution in [0.1, 0.15) is 34.6 Å². The molecule has 1 aliphatic heterocycles. The lowest BCUT2D eigenvalue weighted by atomic mass is 9.74. The highest BCUT2D eigenvalue weighted by Crippen LogP contribution is 2.28. The summed E-state index contributed by atoms with van der Waals surface area (Å²) in [5, 5.41) is 3.07. The predicted molar refractivity (Wildman–Crippen MR) is 76.9 cm³/mol. The first-order valence-electron chi connectivity index (χ1n) is 7.04. The Morgan fingerprint density at radius 2 is 1.84 bits per heavy atom. The van der Waals surface area contributed by atoms with E-state index >= 15 is 0 Å². The van der Waals surface area contributed by atoms with Gasteiger partial charge in [0.05, 0.1) is 18.6 Å². The molecule has 1 fully saturated rings. The molecule has 1 rings (SSSR count). The van der Waals surface area contributed by atoms with Crippen LogP contribution in [0.25, 0.3) is 0 Å². The van der Waals surface area contributed by atoms with Gasteiger partial charge >= 0.3 is 0 Å². The molecule has 0 bridgehead atoms. The first-order chi connectivity index (χ1) is 8.64. The second-order valence-corrected chi connectivity index (χ2v) is 6.63. The largest absolute Gasteiger partial charge is 0.379 e. The molecule has 0 saturated carbocycles. The third kappa shape index (κ3) is 4.44. The number of hydrogen-bond donors (Lipinski definition) is 2. The summed E-state index contributed by atoms with van der Waals surface area (Å²) in [6, 6.07) is 0.118. The summed E-state index contributed by atoms with van der Waals surface area (Å²) < 4.78 is 5.32. The van der Waals surface area contributed by atoms with Gasteiger partial charge in [-0.15, -0.1) is 0 Å². The third-order valence-electron chi connectivity index (χ3n) is 4.19. The quantitative estimate of drug-likeness (QED) is 0.768. The van der Waals surface area contributed by atoms with Crippen LogP contribution in [0.15, 0.2) is 0 Å². The van der Waals surface area contributed by atoms with E-state index in [2.05, 4.69) is 10.2 Å². The lowest BCUT2D eigenvalue weighted by Crippen LogP contribution is -2.58. The molecule has 112 valence electrons. The van der Waals surface area contributed by atoms with E-state index < -0.39 is 11.0 Å². The average Bonchev–Trinajstić information content (AvgIpc) is 2.28. The Morgan fingerprint density at radius 1 is 1.32 bits per heavy atom. The molecule has 0 radical (unpaired) electrons. The van der Waals surface area contributed by atoms with Crippen molar-refractivity contribution < 1.29 is 9.53 Å². The van der Waals surface area contributed by atoms with Crippen LogP contribution in [0.5, 0.6) is 0 Å². The van der Waals surface area contributed by atoms with Gasteiger partial charge in [0.2, 0.25) is 5.91 Å². The molecule has 5 nitrogen and oxygen atoms in total. The van der Waals surface area contributed by atoms with Crippen LogP contribution in [-0.4, -0.2) is 55.2 Å². The van der Waals surface area contributed by atoms with E-state index in [9.17, 15) is 4.79 Å². The molecular formula is C14H29N3O2. The number of morpholine rings is 1. The molecule has 3 N–H and O–H groups in total. The van der Waals surface area contributed by atoms with Crippen molar-refractivity contribution in [2.75, 3.05) is 32.8 Å². The number of rotatable bonds is 5. The second-order valence-electron chi connectivity index (χ2n) is 6.63. The maximum absolute atomic E-state index is 12.3. The number of carbonyl (C=O) groups is 1. The summed E-state index contributed by atoms with van der Waals surface area (Å²) in [6.07, 6.45) is 0. The summed E-state index contributed by atoms with van der Waals surface area (Å²) in [7, 11) is 0. The van der Waals surface area contributed by atoms with Crippen LogP contribution >= 0.6 is 0 Å². The molecule has 1 heterocycles. The minimum absolute atomic E-state index is 0.0146. The van der Waals surface area contributed by atoms with Gasteiger partial charge in [0.15, 0.2) is 0 Å². The van der Waals surface area contributed by atoms with Crippen LogP contribution < -0.4 is 11.1 Å². The Kier molecular flexibility index (Phi) is 5.35. The molecule has 1 atom stereocenters. The molecule has 0 aliphatic carbocycles. The first kappa shape index (κ1) is 16.4. The Bertz CT molecular complexity index is 304. The Balaban J connectivity index is 2.47. The zero-order valence-electron chi connectivity index (χ0n) is 13.0. The van der Waals surface area contributed by atoms with E-state index in [1.54, 1.807) is 0 Å². The van der Waals surface area contributed by atoms with Crippen molar-refractivity contribution in [3.05, 3.63) is 0 Å². The maximum atomic E-state index is 12.3. The molecule has 1 amide bonds. The zero-order valence-corrected chi connectivity index (χ0v) is 13.0. The lowest BCUT2D eigenvalue weighted by molar-refractivity contribution is -0.133. The van der Waals surface area contributed by atoms with Crippen LogP contribution in [-0.2, 0) is 9.53 Å². The summed E-state index contributed by atoms with van der Waals surface area (Å²) in [6.45, 7) is 13.9. The molecule has 0 aromatic rings. The molecule has 1 saturated heterocycles. The van der Waals surface area contributed by atoms with Gasteiger partial charge in [-0.1, -0.05) is 0 Å². The molecule has 0 aromatic carbocycles. The molecule has 1 unspecified atom stereocenters. The highest BCUT2D eigenvalue weighted by molar-refractivity contribution is 5.83. The standard InChI is InChI=1S/C14H29N3O2/c1-11(10-17-6-8-19-9-7-17)16-12(18)13(2,3)14(4,5)15/h11H,6-10,15H2,1-5H3,(H,16,18). The fourth-order valence-corrected chi connectivity index (χ4v) is 1.91. The molecular weight excluding hydrogens is 242 g/mol. The maximum Gasteiger partial charge on any atom is 0.227 e. The monoisotopic (exact) mass is 271 g/mol. The van der Waals surface area contributed by atoms with Gasteiger partial charge in [-0.05, 0) is 34.6 Å². The predicted octanol–water partition coefficient (Wildman–Crippen LogP) is 0.587. The van der Waals surface area contributed by atoms with Gasteiger partial charge in [0, 0.05) is 31.2 Å². The van der Waals surface area contributed by atoms with Gasteiger partial charge in [-0.25, -0.2) is 0 Å². The number of nitrogens with one attached hydrogen (secondary N) is 1. The smallest absolute Gasteiger partial charge is 0.227 e. The van der Waals surface area contributed by atoms with E-state index in [0.29, 0.717) is 0 Å². The van der Waals surface area contributed by atoms with E-state index in [-0.39, 0.29) is 11.9 Å². The van der Waals surface area contributed by atoms with Crippen LogP contribution in [0.3, 0.4) is 0 Å². The van der Waals surface area contributed by atoms with Gasteiger partial charge in [-0.2, -0.15) is 0 Å². The van der Waals surface area contributed by atoms with Crippen molar-refractivity contribution in [3.8, 4) is 0 Å². The first-order valence-corrected chi connectivity index (χ1v) is 7.04. The van der Waals surface area contributed by atoms with Crippen molar-refractivity contribution >= 4 is 5.91 Å². The van der Waals surface area contributed by atoms with Crippen molar-refractivity contribution in [1.29, 1.82) is 0 Å². The van der Waals surface area contributed by atoms with Gasteiger partial charge in [0.25, 0.3) is 0 Å². The van der Waals surface area contributed by atoms with Crippen LogP contribution in [0.2, 0.25) is 0 Å². The minimum Gasteiger partial charge on any atom is -0.379 e. The van der Waals surface area contributed by atoms with E-state index in [4.69, 9.17) is 10.5 Å². The molecule has 19 heavy (non-hydrogen) atoms. The topological polar surface area (TPSA) is 67.6 Å². The molecule has 0 aromatic heterocycles. The van der Waals surface area contributed by atoms with Crippen molar-refractivity contribution in [3.63, 3.8) is 0 Å². The van der Waals surface area contributed by atoms with Crippen molar-refractivity contribution in [2.24, 2.45) is 11.1 Å². The summed E-state index contributed by atoms with van der Waals surface area (Å²) in [5.41, 5.74) is 4.95. The summed E-state index contributed by atoms with van der Waals surface area (Å²) >= 11 is 0. The number of nitrogens with two attached hydrogens (primary N) is 1. The number of carbonyl (C=O) groups excluding carboxylic acids is 1. The van der Waals surface area contributed by atoms with E-state index in [1.807, 2.05) is 34.6 Å². The van der Waals surface area contributed by atoms with E-state index in [1.165, 1.54) is 0 Å². The average molecular weight is 271 g/mol. The molecule has 1 aliphatic rings. The van der Waals surface area contributed by atoms with Crippen LogP contribution in [0, 0.1) is 5.41 Å². The SMILES string of the molecule is CC(CN1CCOCC1)NC(=O)C(C)(C)C(C)(C)N. The van der Waals surface area contributed by atoms with Crippen molar-refractivity contribution in [1.82, 2.24) is 10.2 Å². The number of hydrogen-bond acceptors (Lipinski definition) is 4. The van der Waals surface area contributed by atoms with Crippen LogP contribution in [0.4, 0.5) is 0 Å². The van der Waals surface area contributed by atoms with Gasteiger partial charge < -0.3 is 15.8 Å².